The molecule has 0 atom stereocenters. The van der Waals surface area contributed by atoms with E-state index in [9.17, 15) is 18.0 Å². The summed E-state index contributed by atoms with van der Waals surface area (Å²) in [5.41, 5.74) is 0.400. The molecule has 1 aliphatic heterocycles. The van der Waals surface area contributed by atoms with Gasteiger partial charge in [0, 0.05) is 11.4 Å². The fourth-order valence-electron chi connectivity index (χ4n) is 2.99. The Hall–Kier alpha value is -1.41. The molecule has 1 aromatic carbocycles. The third-order valence-electron chi connectivity index (χ3n) is 4.32. The van der Waals surface area contributed by atoms with E-state index in [1.54, 1.807) is 24.3 Å². The number of rotatable bonds is 7. The van der Waals surface area contributed by atoms with Crippen molar-refractivity contribution < 1.29 is 18.0 Å². The lowest BCUT2D eigenvalue weighted by Crippen LogP contribution is -2.40. The average Bonchev–Trinajstić information content (AvgIpc) is 2.60. The van der Waals surface area contributed by atoms with Gasteiger partial charge in [-0.1, -0.05) is 19.1 Å². The van der Waals surface area contributed by atoms with Gasteiger partial charge in [0.2, 0.25) is 0 Å². The summed E-state index contributed by atoms with van der Waals surface area (Å²) >= 11 is 0.674. The van der Waals surface area contributed by atoms with Crippen molar-refractivity contribution in [2.45, 2.75) is 37.3 Å². The van der Waals surface area contributed by atoms with Crippen molar-refractivity contribution >= 4 is 23.5 Å². The second-order valence-electron chi connectivity index (χ2n) is 6.52. The van der Waals surface area contributed by atoms with Gasteiger partial charge in [-0.25, -0.2) is 4.79 Å². The second-order valence-corrected chi connectivity index (χ2v) is 7.54. The predicted molar refractivity (Wildman–Crippen MR) is 99.7 cm³/mol. The van der Waals surface area contributed by atoms with Crippen molar-refractivity contribution in [1.82, 2.24) is 10.2 Å². The van der Waals surface area contributed by atoms with Gasteiger partial charge in [0.05, 0.1) is 11.4 Å². The number of benzene rings is 1. The molecule has 0 radical (unpaired) electrons. The zero-order valence-corrected chi connectivity index (χ0v) is 15.8. The lowest BCUT2D eigenvalue weighted by molar-refractivity contribution is -0.105. The van der Waals surface area contributed by atoms with Gasteiger partial charge in [0.25, 0.3) is 0 Å². The minimum absolute atomic E-state index is 0.374. The summed E-state index contributed by atoms with van der Waals surface area (Å²) in [6, 6.07) is 6.17. The Morgan fingerprint density at radius 1 is 1.27 bits per heavy atom. The lowest BCUT2D eigenvalue weighted by atomic mass is 9.97. The van der Waals surface area contributed by atoms with E-state index in [4.69, 9.17) is 0 Å². The normalized spacial score (nSPS) is 16.5. The summed E-state index contributed by atoms with van der Waals surface area (Å²) in [6.07, 6.45) is -0.986. The maximum Gasteiger partial charge on any atom is 0.398 e. The molecule has 8 heteroatoms. The monoisotopic (exact) mass is 389 g/mol. The molecule has 4 nitrogen and oxygen atoms in total. The molecule has 1 heterocycles. The molecule has 146 valence electrons. The van der Waals surface area contributed by atoms with Crippen molar-refractivity contribution in [3.05, 3.63) is 24.3 Å². The zero-order chi connectivity index (χ0) is 19.0. The molecule has 1 saturated heterocycles. The molecule has 0 unspecified atom stereocenters. The Morgan fingerprint density at radius 3 is 2.62 bits per heavy atom. The van der Waals surface area contributed by atoms with Crippen molar-refractivity contribution in [3.8, 4) is 0 Å². The lowest BCUT2D eigenvalue weighted by Gasteiger charge is -2.31. The highest BCUT2D eigenvalue weighted by Crippen LogP contribution is 2.32. The van der Waals surface area contributed by atoms with E-state index < -0.39 is 11.9 Å². The Morgan fingerprint density at radius 2 is 1.96 bits per heavy atom. The largest absolute Gasteiger partial charge is 0.398 e. The van der Waals surface area contributed by atoms with Crippen molar-refractivity contribution in [3.63, 3.8) is 0 Å². The van der Waals surface area contributed by atoms with E-state index in [-0.39, 0.29) is 6.03 Å². The molecule has 2 N–H and O–H groups in total. The maximum absolute atomic E-state index is 12.4. The summed E-state index contributed by atoms with van der Waals surface area (Å²) in [5, 5.41) is 5.51. The highest BCUT2D eigenvalue weighted by Gasteiger charge is 2.27. The molecule has 0 aromatic heterocycles. The first-order valence-electron chi connectivity index (χ1n) is 8.93. The fourth-order valence-corrected chi connectivity index (χ4v) is 3.76. The Labute approximate surface area is 156 Å². The van der Waals surface area contributed by atoms with E-state index in [1.165, 1.54) is 0 Å². The number of carbonyl (C=O) groups is 1. The number of alkyl halides is 3. The number of urea groups is 1. The SMILES string of the molecule is CCCN1CCC(CNC(=O)Nc2ccccc2SCC(F)(F)F)CC1. The number of piperidine rings is 1. The predicted octanol–water partition coefficient (Wildman–Crippen LogP) is 4.58. The molecule has 0 aliphatic carbocycles. The highest BCUT2D eigenvalue weighted by atomic mass is 32.2. The van der Waals surface area contributed by atoms with Gasteiger partial charge >= 0.3 is 12.2 Å². The summed E-state index contributed by atoms with van der Waals surface area (Å²) in [4.78, 5) is 15.0. The van der Waals surface area contributed by atoms with E-state index in [2.05, 4.69) is 22.5 Å². The number of likely N-dealkylation sites (tertiary alicyclic amines) is 1. The number of nitrogens with zero attached hydrogens (tertiary/aromatic N) is 1. The van der Waals surface area contributed by atoms with Crippen LogP contribution >= 0.6 is 11.8 Å². The number of carbonyl (C=O) groups excluding carboxylic acids is 1. The fraction of sp³-hybridized carbons (Fsp3) is 0.611. The average molecular weight is 389 g/mol. The van der Waals surface area contributed by atoms with Crippen LogP contribution in [-0.4, -0.2) is 49.0 Å². The standard InChI is InChI=1S/C18H26F3N3OS/c1-2-9-24-10-7-14(8-11-24)12-22-17(25)23-15-5-3-4-6-16(15)26-13-18(19,20)21/h3-6,14H,2,7-13H2,1H3,(H2,22,23,25). The molecule has 1 aromatic rings. The maximum atomic E-state index is 12.4. The quantitative estimate of drug-likeness (QED) is 0.671. The third kappa shape index (κ3) is 7.45. The second kappa shape index (κ2) is 10.1. The third-order valence-corrected chi connectivity index (χ3v) is 5.46. The van der Waals surface area contributed by atoms with Crippen molar-refractivity contribution in [2.24, 2.45) is 5.92 Å². The van der Waals surface area contributed by atoms with Crippen LogP contribution < -0.4 is 10.6 Å². The van der Waals surface area contributed by atoms with Gasteiger partial charge in [0.15, 0.2) is 0 Å². The number of para-hydroxylation sites is 1. The number of hydrogen-bond donors (Lipinski definition) is 2. The molecule has 0 spiro atoms. The van der Waals surface area contributed by atoms with Crippen LogP contribution in [0.1, 0.15) is 26.2 Å². The van der Waals surface area contributed by atoms with Gasteiger partial charge in [-0.2, -0.15) is 13.2 Å². The number of halogens is 3. The summed E-state index contributed by atoms with van der Waals surface area (Å²) in [5.74, 6) is -0.535. The van der Waals surface area contributed by atoms with Gasteiger partial charge in [-0.3, -0.25) is 0 Å². The van der Waals surface area contributed by atoms with Crippen LogP contribution in [0, 0.1) is 5.92 Å². The number of hydrogen-bond acceptors (Lipinski definition) is 3. The molecule has 2 rings (SSSR count). The van der Waals surface area contributed by atoms with E-state index in [0.29, 0.717) is 34.8 Å². The first-order chi connectivity index (χ1) is 12.4. The van der Waals surface area contributed by atoms with Crippen molar-refractivity contribution in [2.75, 3.05) is 37.2 Å². The van der Waals surface area contributed by atoms with Crippen LogP contribution in [0.4, 0.5) is 23.7 Å². The molecule has 0 bridgehead atoms. The number of nitrogens with one attached hydrogen (secondary N) is 2. The molecular formula is C18H26F3N3OS. The van der Waals surface area contributed by atoms with Gasteiger partial charge in [0.1, 0.15) is 0 Å². The van der Waals surface area contributed by atoms with E-state index in [0.717, 1.165) is 38.9 Å². The molecule has 0 saturated carbocycles. The first-order valence-corrected chi connectivity index (χ1v) is 9.91. The van der Waals surface area contributed by atoms with E-state index >= 15 is 0 Å². The Bertz CT molecular complexity index is 575. The number of amides is 2. The number of anilines is 1. The van der Waals surface area contributed by atoms with Crippen LogP contribution in [0.3, 0.4) is 0 Å². The van der Waals surface area contributed by atoms with Gasteiger partial charge in [-0.05, 0) is 56.9 Å². The topological polar surface area (TPSA) is 44.4 Å². The van der Waals surface area contributed by atoms with Gasteiger partial charge in [-0.15, -0.1) is 11.8 Å². The molecule has 1 aliphatic rings. The summed E-state index contributed by atoms with van der Waals surface area (Å²) < 4.78 is 37.2. The summed E-state index contributed by atoms with van der Waals surface area (Å²) in [7, 11) is 0. The molecule has 26 heavy (non-hydrogen) atoms. The highest BCUT2D eigenvalue weighted by molar-refractivity contribution is 7.99. The molecular weight excluding hydrogens is 363 g/mol. The van der Waals surface area contributed by atoms with Crippen LogP contribution in [0.15, 0.2) is 29.2 Å². The van der Waals surface area contributed by atoms with Crippen LogP contribution in [0.2, 0.25) is 0 Å². The smallest absolute Gasteiger partial charge is 0.338 e. The summed E-state index contributed by atoms with van der Waals surface area (Å²) in [6.45, 7) is 5.98. The van der Waals surface area contributed by atoms with Crippen LogP contribution in [-0.2, 0) is 0 Å². The Balaban J connectivity index is 1.78. The van der Waals surface area contributed by atoms with Crippen LogP contribution in [0.25, 0.3) is 0 Å². The van der Waals surface area contributed by atoms with Crippen LogP contribution in [0.5, 0.6) is 0 Å². The van der Waals surface area contributed by atoms with Crippen molar-refractivity contribution in [1.29, 1.82) is 0 Å². The zero-order valence-electron chi connectivity index (χ0n) is 14.9. The Kier molecular flexibility index (Phi) is 8.09. The minimum atomic E-state index is -4.24. The van der Waals surface area contributed by atoms with Gasteiger partial charge < -0.3 is 15.5 Å². The first kappa shape index (κ1) is 20.9. The van der Waals surface area contributed by atoms with E-state index in [1.807, 2.05) is 0 Å². The molecule has 1 fully saturated rings. The molecule has 2 amide bonds. The minimum Gasteiger partial charge on any atom is -0.338 e. The number of thioether (sulfide) groups is 1.